The Morgan fingerprint density at radius 1 is 1.33 bits per heavy atom. The molecule has 0 aromatic heterocycles. The highest BCUT2D eigenvalue weighted by Crippen LogP contribution is 2.31. The fourth-order valence-electron chi connectivity index (χ4n) is 3.48. The number of nitrogens with zero attached hydrogens (tertiary/aromatic N) is 2. The Balaban J connectivity index is 2.19. The minimum atomic E-state index is -0.813. The molecule has 1 aliphatic heterocycles. The summed E-state index contributed by atoms with van der Waals surface area (Å²) in [4.78, 5) is 16.5. The molecule has 1 saturated heterocycles. The predicted molar refractivity (Wildman–Crippen MR) is 95.4 cm³/mol. The van der Waals surface area contributed by atoms with Crippen molar-refractivity contribution in [1.82, 2.24) is 9.80 Å². The number of carboxylic acid groups (broad SMARTS) is 1. The first kappa shape index (κ1) is 18.7. The molecular formula is C19H30N2O3. The van der Waals surface area contributed by atoms with Crippen LogP contribution in [0.1, 0.15) is 39.3 Å². The zero-order valence-corrected chi connectivity index (χ0v) is 15.2. The van der Waals surface area contributed by atoms with Gasteiger partial charge in [-0.3, -0.25) is 14.6 Å². The smallest absolute Gasteiger partial charge is 0.325 e. The molecule has 0 saturated carbocycles. The van der Waals surface area contributed by atoms with Crippen LogP contribution in [-0.4, -0.2) is 59.7 Å². The van der Waals surface area contributed by atoms with Crippen LogP contribution < -0.4 is 4.74 Å². The number of benzene rings is 1. The van der Waals surface area contributed by atoms with Crippen molar-refractivity contribution in [2.75, 3.05) is 32.8 Å². The van der Waals surface area contributed by atoms with Gasteiger partial charge in [0.2, 0.25) is 0 Å². The number of para-hydroxylation sites is 1. The number of hydrogen-bond acceptors (Lipinski definition) is 4. The molecule has 2 rings (SSSR count). The molecule has 134 valence electrons. The van der Waals surface area contributed by atoms with Gasteiger partial charge in [-0.15, -0.1) is 0 Å². The Labute approximate surface area is 145 Å². The van der Waals surface area contributed by atoms with Crippen LogP contribution in [0.4, 0.5) is 0 Å². The topological polar surface area (TPSA) is 53.0 Å². The summed E-state index contributed by atoms with van der Waals surface area (Å²) in [5.74, 6) is 0.476. The van der Waals surface area contributed by atoms with Gasteiger partial charge in [0.15, 0.2) is 0 Å². The molecule has 1 aromatic carbocycles. The lowest BCUT2D eigenvalue weighted by atomic mass is 10.0. The second-order valence-electron chi connectivity index (χ2n) is 6.94. The van der Waals surface area contributed by atoms with Crippen LogP contribution in [0.15, 0.2) is 24.3 Å². The van der Waals surface area contributed by atoms with Crippen molar-refractivity contribution in [3.8, 4) is 5.75 Å². The lowest BCUT2D eigenvalue weighted by molar-refractivity contribution is -0.145. The summed E-state index contributed by atoms with van der Waals surface area (Å²) in [6.45, 7) is 12.5. The van der Waals surface area contributed by atoms with E-state index in [4.69, 9.17) is 4.74 Å². The minimum absolute atomic E-state index is 0.349. The number of ether oxygens (including phenoxy) is 1. The molecule has 1 fully saturated rings. The number of aliphatic carboxylic acids is 1. The predicted octanol–water partition coefficient (Wildman–Crippen LogP) is 2.87. The zero-order chi connectivity index (χ0) is 17.7. The van der Waals surface area contributed by atoms with Gasteiger partial charge in [-0.2, -0.15) is 0 Å². The molecule has 0 amide bonds. The third-order valence-corrected chi connectivity index (χ3v) is 4.51. The van der Waals surface area contributed by atoms with E-state index in [2.05, 4.69) is 30.6 Å². The first-order valence-electron chi connectivity index (χ1n) is 8.86. The maximum Gasteiger partial charge on any atom is 0.325 e. The van der Waals surface area contributed by atoms with E-state index in [0.717, 1.165) is 31.7 Å². The molecule has 1 N–H and O–H groups in total. The number of hydrogen-bond donors (Lipinski definition) is 1. The number of rotatable bonds is 7. The highest BCUT2D eigenvalue weighted by molar-refractivity contribution is 5.76. The van der Waals surface area contributed by atoms with E-state index in [9.17, 15) is 9.90 Å². The van der Waals surface area contributed by atoms with Gasteiger partial charge in [0, 0.05) is 37.8 Å². The second kappa shape index (κ2) is 8.49. The van der Waals surface area contributed by atoms with E-state index in [1.807, 2.05) is 31.2 Å². The Morgan fingerprint density at radius 3 is 2.62 bits per heavy atom. The van der Waals surface area contributed by atoms with E-state index in [0.29, 0.717) is 24.3 Å². The van der Waals surface area contributed by atoms with Gasteiger partial charge in [-0.05, 0) is 25.8 Å². The highest BCUT2D eigenvalue weighted by atomic mass is 16.5. The molecule has 1 aromatic rings. The van der Waals surface area contributed by atoms with Crippen LogP contribution in [0.3, 0.4) is 0 Å². The quantitative estimate of drug-likeness (QED) is 0.831. The monoisotopic (exact) mass is 334 g/mol. The molecule has 24 heavy (non-hydrogen) atoms. The summed E-state index contributed by atoms with van der Waals surface area (Å²) in [5.41, 5.74) is 0.747. The van der Waals surface area contributed by atoms with E-state index in [1.165, 1.54) is 0 Å². The van der Waals surface area contributed by atoms with Gasteiger partial charge >= 0.3 is 5.97 Å². The average molecular weight is 334 g/mol. The van der Waals surface area contributed by atoms with Crippen molar-refractivity contribution in [3.63, 3.8) is 0 Å². The van der Waals surface area contributed by atoms with E-state index >= 15 is 0 Å². The maximum atomic E-state index is 12.0. The molecule has 0 radical (unpaired) electrons. The van der Waals surface area contributed by atoms with Crippen LogP contribution in [0.25, 0.3) is 0 Å². The van der Waals surface area contributed by atoms with Gasteiger partial charge < -0.3 is 9.84 Å². The summed E-state index contributed by atoms with van der Waals surface area (Å²) < 4.78 is 5.66. The molecule has 5 nitrogen and oxygen atoms in total. The molecular weight excluding hydrogens is 304 g/mol. The molecule has 1 heterocycles. The Hall–Kier alpha value is -1.59. The second-order valence-corrected chi connectivity index (χ2v) is 6.94. The lowest BCUT2D eigenvalue weighted by Gasteiger charge is -2.43. The summed E-state index contributed by atoms with van der Waals surface area (Å²) in [6, 6.07) is 7.18. The zero-order valence-electron chi connectivity index (χ0n) is 15.2. The molecule has 1 aliphatic rings. The van der Waals surface area contributed by atoms with Crippen molar-refractivity contribution in [3.05, 3.63) is 29.8 Å². The largest absolute Gasteiger partial charge is 0.494 e. The van der Waals surface area contributed by atoms with Gasteiger partial charge in [0.05, 0.1) is 6.61 Å². The summed E-state index contributed by atoms with van der Waals surface area (Å²) in [7, 11) is 0. The van der Waals surface area contributed by atoms with Crippen molar-refractivity contribution < 1.29 is 14.6 Å². The van der Waals surface area contributed by atoms with E-state index in [-0.39, 0.29) is 0 Å². The SMILES string of the molecule is CCOc1ccccc1C(C(=O)O)N1CCN(CC(C)C)C(C)C1. The van der Waals surface area contributed by atoms with Crippen molar-refractivity contribution in [2.24, 2.45) is 5.92 Å². The van der Waals surface area contributed by atoms with Crippen LogP contribution in [0, 0.1) is 5.92 Å². The molecule has 2 atom stereocenters. The molecule has 0 aliphatic carbocycles. The lowest BCUT2D eigenvalue weighted by Crippen LogP contribution is -2.54. The molecule has 2 unspecified atom stereocenters. The number of carbonyl (C=O) groups is 1. The van der Waals surface area contributed by atoms with Gasteiger partial charge in [-0.1, -0.05) is 32.0 Å². The normalized spacial score (nSPS) is 21.0. The Morgan fingerprint density at radius 2 is 2.04 bits per heavy atom. The summed E-state index contributed by atoms with van der Waals surface area (Å²) >= 11 is 0. The summed E-state index contributed by atoms with van der Waals surface area (Å²) in [6.07, 6.45) is 0. The van der Waals surface area contributed by atoms with Gasteiger partial charge in [0.1, 0.15) is 11.8 Å². The first-order chi connectivity index (χ1) is 11.4. The minimum Gasteiger partial charge on any atom is -0.494 e. The average Bonchev–Trinajstić information content (AvgIpc) is 2.51. The third-order valence-electron chi connectivity index (χ3n) is 4.51. The third kappa shape index (κ3) is 4.48. The van der Waals surface area contributed by atoms with Crippen molar-refractivity contribution in [1.29, 1.82) is 0 Å². The Bertz CT molecular complexity index is 547. The van der Waals surface area contributed by atoms with Crippen LogP contribution in [-0.2, 0) is 4.79 Å². The number of piperazine rings is 1. The van der Waals surface area contributed by atoms with Crippen LogP contribution >= 0.6 is 0 Å². The number of carboxylic acids is 1. The summed E-state index contributed by atoms with van der Waals surface area (Å²) in [5, 5.41) is 9.86. The van der Waals surface area contributed by atoms with Crippen molar-refractivity contribution >= 4 is 5.97 Å². The fourth-order valence-corrected chi connectivity index (χ4v) is 3.48. The Kier molecular flexibility index (Phi) is 6.63. The van der Waals surface area contributed by atoms with Crippen LogP contribution in [0.5, 0.6) is 5.75 Å². The van der Waals surface area contributed by atoms with Crippen molar-refractivity contribution in [2.45, 2.75) is 39.8 Å². The molecule has 5 heteroatoms. The van der Waals surface area contributed by atoms with E-state index < -0.39 is 12.0 Å². The van der Waals surface area contributed by atoms with Gasteiger partial charge in [-0.25, -0.2) is 0 Å². The molecule has 0 spiro atoms. The maximum absolute atomic E-state index is 12.0. The van der Waals surface area contributed by atoms with E-state index in [1.54, 1.807) is 0 Å². The fraction of sp³-hybridized carbons (Fsp3) is 0.632. The molecule has 0 bridgehead atoms. The highest BCUT2D eigenvalue weighted by Gasteiger charge is 2.34. The van der Waals surface area contributed by atoms with Crippen LogP contribution in [0.2, 0.25) is 0 Å². The first-order valence-corrected chi connectivity index (χ1v) is 8.86. The van der Waals surface area contributed by atoms with Gasteiger partial charge in [0.25, 0.3) is 0 Å². The standard InChI is InChI=1S/C19H30N2O3/c1-5-24-17-9-7-6-8-16(17)18(19(22)23)21-11-10-20(12-14(2)3)15(4)13-21/h6-9,14-15,18H,5,10-13H2,1-4H3,(H,22,23).